The third-order valence-electron chi connectivity index (χ3n) is 11.4. The normalized spacial score (nSPS) is 11.4. The van der Waals surface area contributed by atoms with Gasteiger partial charge in [0.1, 0.15) is 43.8 Å². The van der Waals surface area contributed by atoms with E-state index in [0.717, 1.165) is 44.6 Å². The molecule has 0 atom stereocenters. The third kappa shape index (κ3) is 23.6. The standard InChI is InChI=1S/2C26H38O5S.Ca/c2*1-2-3-4-5-6-7-8-9-10-11-12-16-19-23-25(31-22-17-14-13-15-18-22)21-20-24(27)26(23)32(28,29)30;/h2*13-15,17-18,20-21,27H,2-12,16,19H2,1H3,(H,28,29,30);/q;;+2/p-2. The molecule has 0 aliphatic carbocycles. The topological polar surface area (TPSA) is 173 Å². The predicted molar refractivity (Wildman–Crippen MR) is 260 cm³/mol. The number of phenols is 1. The summed E-state index contributed by atoms with van der Waals surface area (Å²) in [6.07, 6.45) is 29.4. The van der Waals surface area contributed by atoms with Crippen LogP contribution in [0.4, 0.5) is 0 Å². The van der Waals surface area contributed by atoms with Gasteiger partial charge in [-0.15, -0.1) is 0 Å². The SMILES string of the molecule is CCCCCCCCCCCCCCc1c(Oc2ccccc2)ccc(O)c1S(=O)(=O)O.CCCCCCCCCCCCCCc1c(Oc2ccccc2)ccc([O-])c1S(=O)(=O)[O-].[Ca+2]. The molecule has 65 heavy (non-hydrogen) atoms. The number of hydrogen-bond acceptors (Lipinski definition) is 9. The number of rotatable bonds is 32. The minimum absolute atomic E-state index is 0. The van der Waals surface area contributed by atoms with E-state index in [4.69, 9.17) is 9.47 Å². The Hall–Kier alpha value is -2.84. The van der Waals surface area contributed by atoms with Gasteiger partial charge in [0.25, 0.3) is 10.1 Å². The van der Waals surface area contributed by atoms with E-state index >= 15 is 0 Å². The molecule has 10 nitrogen and oxygen atoms in total. The number of benzene rings is 4. The first-order valence-electron chi connectivity index (χ1n) is 23.9. The zero-order chi connectivity index (χ0) is 46.5. The number of ether oxygens (including phenoxy) is 2. The summed E-state index contributed by atoms with van der Waals surface area (Å²) in [6.45, 7) is 4.47. The Morgan fingerprint density at radius 3 is 1.12 bits per heavy atom. The van der Waals surface area contributed by atoms with Crippen LogP contribution in [0.3, 0.4) is 0 Å². The van der Waals surface area contributed by atoms with Gasteiger partial charge in [-0.2, -0.15) is 8.42 Å². The van der Waals surface area contributed by atoms with Crippen molar-refractivity contribution in [1.82, 2.24) is 0 Å². The third-order valence-corrected chi connectivity index (χ3v) is 13.3. The van der Waals surface area contributed by atoms with Gasteiger partial charge in [-0.3, -0.25) is 4.55 Å². The fraction of sp³-hybridized carbons (Fsp3) is 0.538. The molecule has 0 radical (unpaired) electrons. The predicted octanol–water partition coefficient (Wildman–Crippen LogP) is 14.0. The minimum Gasteiger partial charge on any atom is -0.872 e. The second-order valence-corrected chi connectivity index (χ2v) is 19.5. The Kier molecular flexibility index (Phi) is 30.1. The van der Waals surface area contributed by atoms with E-state index in [0.29, 0.717) is 42.1 Å². The van der Waals surface area contributed by atoms with E-state index in [2.05, 4.69) is 13.8 Å². The smallest absolute Gasteiger partial charge is 0.872 e. The fourth-order valence-electron chi connectivity index (χ4n) is 7.93. The van der Waals surface area contributed by atoms with Crippen LogP contribution in [0.25, 0.3) is 0 Å². The zero-order valence-electron chi connectivity index (χ0n) is 39.2. The molecule has 0 fully saturated rings. The van der Waals surface area contributed by atoms with Crippen LogP contribution in [-0.4, -0.2) is 68.8 Å². The van der Waals surface area contributed by atoms with E-state index in [1.54, 1.807) is 42.5 Å². The van der Waals surface area contributed by atoms with Crippen molar-refractivity contribution in [3.05, 3.63) is 96.1 Å². The van der Waals surface area contributed by atoms with Crippen LogP contribution in [-0.2, 0) is 33.1 Å². The molecule has 0 saturated heterocycles. The largest absolute Gasteiger partial charge is 2.00 e. The first-order chi connectivity index (χ1) is 30.9. The molecule has 4 aromatic rings. The summed E-state index contributed by atoms with van der Waals surface area (Å²) in [7, 11) is -9.46. The maximum absolute atomic E-state index is 12.2. The van der Waals surface area contributed by atoms with Gasteiger partial charge in [-0.25, -0.2) is 8.42 Å². The molecule has 2 N–H and O–H groups in total. The molecule has 0 aromatic heterocycles. The second-order valence-electron chi connectivity index (χ2n) is 16.8. The molecule has 0 heterocycles. The average Bonchev–Trinajstić information content (AvgIpc) is 3.26. The van der Waals surface area contributed by atoms with Crippen molar-refractivity contribution in [2.24, 2.45) is 0 Å². The van der Waals surface area contributed by atoms with Crippen LogP contribution < -0.4 is 14.6 Å². The van der Waals surface area contributed by atoms with Crippen LogP contribution in [0, 0.1) is 0 Å². The Morgan fingerprint density at radius 1 is 0.462 bits per heavy atom. The van der Waals surface area contributed by atoms with Gasteiger partial charge in [0.2, 0.25) is 0 Å². The van der Waals surface area contributed by atoms with Gasteiger partial charge >= 0.3 is 37.7 Å². The van der Waals surface area contributed by atoms with E-state index in [1.807, 2.05) is 24.3 Å². The van der Waals surface area contributed by atoms with Crippen LogP contribution >= 0.6 is 0 Å². The Bertz CT molecular complexity index is 1950. The monoisotopic (exact) mass is 962 g/mol. The number of unbranched alkanes of at least 4 members (excludes halogenated alkanes) is 22. The summed E-state index contributed by atoms with van der Waals surface area (Å²) < 4.78 is 80.6. The molecule has 0 saturated carbocycles. The van der Waals surface area contributed by atoms with E-state index in [-0.39, 0.29) is 49.1 Å². The molecular formula is C52H74CaO10S2. The van der Waals surface area contributed by atoms with Crippen LogP contribution in [0.5, 0.6) is 34.5 Å². The van der Waals surface area contributed by atoms with Crippen LogP contribution in [0.1, 0.15) is 179 Å². The Morgan fingerprint density at radius 2 is 0.785 bits per heavy atom. The van der Waals surface area contributed by atoms with Gasteiger partial charge in [0, 0.05) is 11.1 Å². The maximum atomic E-state index is 12.2. The fourth-order valence-corrected chi connectivity index (χ4v) is 9.59. The molecule has 4 rings (SSSR count). The molecule has 0 amide bonds. The molecule has 0 spiro atoms. The molecule has 356 valence electrons. The Balaban J connectivity index is 0.000000440. The van der Waals surface area contributed by atoms with Gasteiger partial charge in [-0.05, 0) is 68.1 Å². The first kappa shape index (κ1) is 58.3. The quantitative estimate of drug-likeness (QED) is 0.0272. The van der Waals surface area contributed by atoms with Crippen molar-refractivity contribution in [3.8, 4) is 34.5 Å². The molecule has 0 bridgehead atoms. The number of hydrogen-bond donors (Lipinski definition) is 2. The number of phenolic OH excluding ortho intramolecular Hbond substituents is 1. The van der Waals surface area contributed by atoms with E-state index in [9.17, 15) is 36.2 Å². The summed E-state index contributed by atoms with van der Waals surface area (Å²) in [6, 6.07) is 23.3. The van der Waals surface area contributed by atoms with Gasteiger partial charge in [0.05, 0.1) is 4.90 Å². The second kappa shape index (κ2) is 33.6. The molecule has 4 aromatic carbocycles. The first-order valence-corrected chi connectivity index (χ1v) is 26.8. The van der Waals surface area contributed by atoms with Crippen molar-refractivity contribution in [2.75, 3.05) is 0 Å². The summed E-state index contributed by atoms with van der Waals surface area (Å²) >= 11 is 0. The van der Waals surface area contributed by atoms with E-state index < -0.39 is 41.5 Å². The summed E-state index contributed by atoms with van der Waals surface area (Å²) in [5, 5.41) is 22.3. The molecule has 0 aliphatic heterocycles. The average molecular weight is 963 g/mol. The van der Waals surface area contributed by atoms with Gasteiger partial charge in [-0.1, -0.05) is 203 Å². The Labute approximate surface area is 421 Å². The number of aromatic hydroxyl groups is 1. The van der Waals surface area contributed by atoms with Crippen LogP contribution in [0.2, 0.25) is 0 Å². The maximum Gasteiger partial charge on any atom is 2.00 e. The molecule has 0 aliphatic rings. The van der Waals surface area contributed by atoms with Gasteiger partial charge in [0.15, 0.2) is 0 Å². The zero-order valence-corrected chi connectivity index (χ0v) is 43.0. The summed E-state index contributed by atoms with van der Waals surface area (Å²) in [4.78, 5) is -1.12. The van der Waals surface area contributed by atoms with Crippen molar-refractivity contribution < 1.29 is 45.6 Å². The molecule has 0 unspecified atom stereocenters. The van der Waals surface area contributed by atoms with Crippen LogP contribution in [0.15, 0.2) is 94.7 Å². The minimum atomic E-state index is -4.89. The molecule has 13 heteroatoms. The van der Waals surface area contributed by atoms with E-state index in [1.165, 1.54) is 121 Å². The molecular weight excluding hydrogens is 889 g/mol. The summed E-state index contributed by atoms with van der Waals surface area (Å²) in [5.74, 6) is 0.459. The van der Waals surface area contributed by atoms with Crippen molar-refractivity contribution >= 4 is 58.0 Å². The van der Waals surface area contributed by atoms with Crippen molar-refractivity contribution in [1.29, 1.82) is 0 Å². The van der Waals surface area contributed by atoms with Gasteiger partial charge < -0.3 is 24.2 Å². The number of para-hydroxylation sites is 2. The summed E-state index contributed by atoms with van der Waals surface area (Å²) in [5.41, 5.74) is 0.520. The van der Waals surface area contributed by atoms with Crippen molar-refractivity contribution in [3.63, 3.8) is 0 Å². The van der Waals surface area contributed by atoms with Crippen molar-refractivity contribution in [2.45, 2.75) is 191 Å².